The third-order valence-electron chi connectivity index (χ3n) is 4.12. The number of hydrogen-bond acceptors (Lipinski definition) is 5. The standard InChI is InChI=1S/C17H28O5/c1-14(2)10-21-17(22-11-14)8-12(6-7-15(3,4)19)13(18)9-16(17,5)20/h6-8,13,18-20H,9-11H2,1-5H3/b7-6+/t13-,16+/m0/s1. The summed E-state index contributed by atoms with van der Waals surface area (Å²) in [6, 6.07) is 0. The maximum Gasteiger partial charge on any atom is 0.218 e. The van der Waals surface area contributed by atoms with Gasteiger partial charge < -0.3 is 24.8 Å². The van der Waals surface area contributed by atoms with Gasteiger partial charge in [-0.3, -0.25) is 0 Å². The molecule has 1 saturated heterocycles. The fourth-order valence-electron chi connectivity index (χ4n) is 2.65. The fraction of sp³-hybridized carbons (Fsp3) is 0.765. The maximum atomic E-state index is 10.7. The van der Waals surface area contributed by atoms with Crippen LogP contribution in [0.4, 0.5) is 0 Å². The van der Waals surface area contributed by atoms with E-state index in [0.717, 1.165) is 0 Å². The van der Waals surface area contributed by atoms with Gasteiger partial charge in [-0.2, -0.15) is 0 Å². The summed E-state index contributed by atoms with van der Waals surface area (Å²) in [6.45, 7) is 9.90. The van der Waals surface area contributed by atoms with Gasteiger partial charge in [-0.1, -0.05) is 26.0 Å². The molecule has 0 aromatic rings. The summed E-state index contributed by atoms with van der Waals surface area (Å²) in [5.41, 5.74) is -1.85. The van der Waals surface area contributed by atoms with Crippen molar-refractivity contribution < 1.29 is 24.8 Å². The molecule has 1 fully saturated rings. The lowest BCUT2D eigenvalue weighted by molar-refractivity contribution is -0.341. The second-order valence-electron chi connectivity index (χ2n) is 8.03. The highest BCUT2D eigenvalue weighted by Crippen LogP contribution is 2.44. The predicted molar refractivity (Wildman–Crippen MR) is 83.2 cm³/mol. The Labute approximate surface area is 132 Å². The fourth-order valence-corrected chi connectivity index (χ4v) is 2.65. The molecule has 126 valence electrons. The molecule has 5 heteroatoms. The minimum absolute atomic E-state index is 0.107. The summed E-state index contributed by atoms with van der Waals surface area (Å²) in [5.74, 6) is -1.26. The van der Waals surface area contributed by atoms with Crippen LogP contribution in [0, 0.1) is 5.41 Å². The highest BCUT2D eigenvalue weighted by Gasteiger charge is 2.55. The zero-order valence-corrected chi connectivity index (χ0v) is 14.1. The number of aliphatic hydroxyl groups is 3. The minimum atomic E-state index is -1.32. The maximum absolute atomic E-state index is 10.7. The Bertz CT molecular complexity index is 472. The van der Waals surface area contributed by atoms with Crippen LogP contribution in [0.15, 0.2) is 23.8 Å². The van der Waals surface area contributed by atoms with Gasteiger partial charge in [0.1, 0.15) is 5.60 Å². The van der Waals surface area contributed by atoms with Crippen LogP contribution in [0.1, 0.15) is 41.0 Å². The first-order valence-electron chi connectivity index (χ1n) is 7.69. The molecule has 0 amide bonds. The van der Waals surface area contributed by atoms with Gasteiger partial charge >= 0.3 is 0 Å². The highest BCUT2D eigenvalue weighted by molar-refractivity contribution is 5.33. The van der Waals surface area contributed by atoms with E-state index in [0.29, 0.717) is 18.8 Å². The number of rotatable bonds is 2. The van der Waals surface area contributed by atoms with Crippen molar-refractivity contribution in [3.63, 3.8) is 0 Å². The lowest BCUT2D eigenvalue weighted by atomic mass is 9.78. The molecule has 2 rings (SSSR count). The molecule has 5 nitrogen and oxygen atoms in total. The average Bonchev–Trinajstić information content (AvgIpc) is 2.33. The quantitative estimate of drug-likeness (QED) is 0.720. The van der Waals surface area contributed by atoms with Crippen LogP contribution >= 0.6 is 0 Å². The molecule has 1 heterocycles. The Hall–Kier alpha value is -0.720. The van der Waals surface area contributed by atoms with Crippen LogP contribution in [0.5, 0.6) is 0 Å². The van der Waals surface area contributed by atoms with E-state index in [2.05, 4.69) is 0 Å². The van der Waals surface area contributed by atoms with Crippen molar-refractivity contribution in [2.45, 2.75) is 64.1 Å². The second kappa shape index (κ2) is 5.42. The van der Waals surface area contributed by atoms with Gasteiger partial charge in [0.15, 0.2) is 0 Å². The average molecular weight is 312 g/mol. The minimum Gasteiger partial charge on any atom is -0.388 e. The largest absolute Gasteiger partial charge is 0.388 e. The van der Waals surface area contributed by atoms with Crippen molar-refractivity contribution >= 4 is 0 Å². The Morgan fingerprint density at radius 2 is 1.77 bits per heavy atom. The lowest BCUT2D eigenvalue weighted by Crippen LogP contribution is -2.62. The van der Waals surface area contributed by atoms with Crippen LogP contribution < -0.4 is 0 Å². The molecular weight excluding hydrogens is 284 g/mol. The number of hydrogen-bond donors (Lipinski definition) is 3. The summed E-state index contributed by atoms with van der Waals surface area (Å²) >= 11 is 0. The molecule has 0 saturated carbocycles. The van der Waals surface area contributed by atoms with E-state index < -0.39 is 23.1 Å². The van der Waals surface area contributed by atoms with Crippen molar-refractivity contribution in [2.24, 2.45) is 5.41 Å². The smallest absolute Gasteiger partial charge is 0.218 e. The molecule has 2 atom stereocenters. The zero-order chi connectivity index (χ0) is 16.8. The first-order chi connectivity index (χ1) is 9.86. The van der Waals surface area contributed by atoms with E-state index in [4.69, 9.17) is 9.47 Å². The van der Waals surface area contributed by atoms with Gasteiger partial charge in [-0.15, -0.1) is 0 Å². The molecular formula is C17H28O5. The Kier molecular flexibility index (Phi) is 4.35. The van der Waals surface area contributed by atoms with Crippen LogP contribution in [-0.4, -0.2) is 51.6 Å². The third kappa shape index (κ3) is 3.60. The van der Waals surface area contributed by atoms with E-state index in [1.54, 1.807) is 39.0 Å². The number of ether oxygens (including phenoxy) is 2. The first-order valence-corrected chi connectivity index (χ1v) is 7.69. The van der Waals surface area contributed by atoms with E-state index in [1.165, 1.54) is 0 Å². The van der Waals surface area contributed by atoms with E-state index in [-0.39, 0.29) is 11.8 Å². The monoisotopic (exact) mass is 312 g/mol. The van der Waals surface area contributed by atoms with Crippen molar-refractivity contribution in [3.05, 3.63) is 23.8 Å². The Morgan fingerprint density at radius 1 is 1.23 bits per heavy atom. The molecule has 2 aliphatic rings. The predicted octanol–water partition coefficient (Wildman–Crippen LogP) is 1.52. The molecule has 0 radical (unpaired) electrons. The normalized spacial score (nSPS) is 34.9. The molecule has 3 N–H and O–H groups in total. The summed E-state index contributed by atoms with van der Waals surface area (Å²) in [6.07, 6.45) is 4.17. The molecule has 22 heavy (non-hydrogen) atoms. The van der Waals surface area contributed by atoms with Crippen LogP contribution in [-0.2, 0) is 9.47 Å². The van der Waals surface area contributed by atoms with E-state index in [9.17, 15) is 15.3 Å². The topological polar surface area (TPSA) is 79.2 Å². The SMILES string of the molecule is CC(C)(O)/C=C/C1=CC2(OCC(C)(C)CO2)[C@](C)(O)C[C@@H]1O. The van der Waals surface area contributed by atoms with Gasteiger partial charge in [-0.05, 0) is 32.4 Å². The van der Waals surface area contributed by atoms with Crippen molar-refractivity contribution in [1.82, 2.24) is 0 Å². The molecule has 0 aromatic carbocycles. The first kappa shape index (κ1) is 17.6. The molecule has 1 spiro atoms. The molecule has 0 aromatic heterocycles. The molecule has 1 aliphatic carbocycles. The second-order valence-corrected chi connectivity index (χ2v) is 8.03. The van der Waals surface area contributed by atoms with Gasteiger partial charge in [0.05, 0.1) is 24.9 Å². The van der Waals surface area contributed by atoms with E-state index >= 15 is 0 Å². The van der Waals surface area contributed by atoms with Gasteiger partial charge in [0.25, 0.3) is 0 Å². The lowest BCUT2D eigenvalue weighted by Gasteiger charge is -2.51. The summed E-state index contributed by atoms with van der Waals surface area (Å²) < 4.78 is 11.8. The van der Waals surface area contributed by atoms with Crippen LogP contribution in [0.25, 0.3) is 0 Å². The van der Waals surface area contributed by atoms with Crippen LogP contribution in [0.2, 0.25) is 0 Å². The molecule has 1 aliphatic heterocycles. The highest BCUT2D eigenvalue weighted by atomic mass is 16.7. The molecule has 0 bridgehead atoms. The van der Waals surface area contributed by atoms with Crippen molar-refractivity contribution in [1.29, 1.82) is 0 Å². The third-order valence-corrected chi connectivity index (χ3v) is 4.12. The Morgan fingerprint density at radius 3 is 2.27 bits per heavy atom. The van der Waals surface area contributed by atoms with Crippen molar-refractivity contribution in [3.8, 4) is 0 Å². The summed E-state index contributed by atoms with van der Waals surface area (Å²) in [4.78, 5) is 0. The summed E-state index contributed by atoms with van der Waals surface area (Å²) in [7, 11) is 0. The molecule has 0 unspecified atom stereocenters. The van der Waals surface area contributed by atoms with Crippen molar-refractivity contribution in [2.75, 3.05) is 13.2 Å². The van der Waals surface area contributed by atoms with Gasteiger partial charge in [-0.25, -0.2) is 0 Å². The van der Waals surface area contributed by atoms with Gasteiger partial charge in [0, 0.05) is 11.8 Å². The number of aliphatic hydroxyl groups excluding tert-OH is 1. The van der Waals surface area contributed by atoms with Gasteiger partial charge in [0.2, 0.25) is 5.79 Å². The zero-order valence-electron chi connectivity index (χ0n) is 14.1. The van der Waals surface area contributed by atoms with Crippen LogP contribution in [0.3, 0.4) is 0 Å². The van der Waals surface area contributed by atoms with E-state index in [1.807, 2.05) is 13.8 Å². The Balaban J connectivity index is 2.34. The summed E-state index contributed by atoms with van der Waals surface area (Å²) in [5, 5.41) is 30.8.